The molecule has 1 heterocycles. The molecule has 2 aromatic carbocycles. The number of benzene rings is 2. The number of hydrogen-bond acceptors (Lipinski definition) is 5. The van der Waals surface area contributed by atoms with Gasteiger partial charge in [0.1, 0.15) is 5.75 Å². The molecule has 0 saturated carbocycles. The minimum atomic E-state index is -0.303. The molecule has 1 amide bonds. The Kier molecular flexibility index (Phi) is 10.0. The van der Waals surface area contributed by atoms with E-state index in [0.29, 0.717) is 33.8 Å². The van der Waals surface area contributed by atoms with E-state index in [1.165, 1.54) is 18.7 Å². The van der Waals surface area contributed by atoms with E-state index in [2.05, 4.69) is 17.1 Å². The Hall–Kier alpha value is -1.70. The number of morpholine rings is 1. The third-order valence-electron chi connectivity index (χ3n) is 4.81. The molecule has 3 N–H and O–H groups in total. The third-order valence-corrected chi connectivity index (χ3v) is 5.14. The van der Waals surface area contributed by atoms with E-state index in [9.17, 15) is 4.79 Å². The van der Waals surface area contributed by atoms with Gasteiger partial charge >= 0.3 is 0 Å². The van der Waals surface area contributed by atoms with Crippen LogP contribution in [-0.4, -0.2) is 44.2 Å². The van der Waals surface area contributed by atoms with Crippen molar-refractivity contribution in [3.05, 3.63) is 52.5 Å². The number of methoxy groups -OCH3 is 1. The molecule has 1 aliphatic rings. The molecule has 0 aromatic heterocycles. The number of nitrogens with zero attached hydrogens (tertiary/aromatic N) is 1. The first kappa shape index (κ1) is 25.3. The van der Waals surface area contributed by atoms with Gasteiger partial charge in [-0.2, -0.15) is 0 Å². The zero-order chi connectivity index (χ0) is 19.4. The quantitative estimate of drug-likeness (QED) is 0.643. The molecule has 6 nitrogen and oxygen atoms in total. The van der Waals surface area contributed by atoms with E-state index < -0.39 is 0 Å². The van der Waals surface area contributed by atoms with Crippen molar-refractivity contribution in [1.82, 2.24) is 4.90 Å². The number of halogens is 3. The van der Waals surface area contributed by atoms with Gasteiger partial charge in [-0.05, 0) is 30.7 Å². The average Bonchev–Trinajstić information content (AvgIpc) is 2.70. The predicted molar refractivity (Wildman–Crippen MR) is 122 cm³/mol. The van der Waals surface area contributed by atoms with Crippen molar-refractivity contribution in [2.24, 2.45) is 0 Å². The first-order valence-electron chi connectivity index (χ1n) is 8.85. The van der Waals surface area contributed by atoms with Gasteiger partial charge in [0.15, 0.2) is 0 Å². The molecule has 2 aromatic rings. The van der Waals surface area contributed by atoms with Crippen molar-refractivity contribution in [3.8, 4) is 5.75 Å². The maximum Gasteiger partial charge on any atom is 0.259 e. The van der Waals surface area contributed by atoms with Gasteiger partial charge in [-0.15, -0.1) is 24.8 Å². The molecule has 3 rings (SSSR count). The summed E-state index contributed by atoms with van der Waals surface area (Å²) in [7, 11) is 1.49. The molecular weight excluding hydrogens is 437 g/mol. The van der Waals surface area contributed by atoms with Crippen LogP contribution < -0.4 is 15.8 Å². The highest BCUT2D eigenvalue weighted by atomic mass is 35.5. The van der Waals surface area contributed by atoms with Gasteiger partial charge in [0.2, 0.25) is 0 Å². The Labute approximate surface area is 188 Å². The Morgan fingerprint density at radius 2 is 1.83 bits per heavy atom. The van der Waals surface area contributed by atoms with Gasteiger partial charge in [-0.25, -0.2) is 0 Å². The van der Waals surface area contributed by atoms with Crippen LogP contribution in [0.15, 0.2) is 36.4 Å². The van der Waals surface area contributed by atoms with Gasteiger partial charge in [0.05, 0.1) is 36.6 Å². The molecule has 0 radical (unpaired) electrons. The second-order valence-corrected chi connectivity index (χ2v) is 6.88. The standard InChI is InChI=1S/C20H24ClN3O3.2ClH/c1-13(24-7-9-27-10-8-24)14-3-5-15(6-4-14)23-20(25)16-11-17(21)18(22)12-19(16)26-2;;/h3-6,11-13H,7-10,22H2,1-2H3,(H,23,25);2*1H. The molecule has 9 heteroatoms. The van der Waals surface area contributed by atoms with E-state index in [1.54, 1.807) is 6.07 Å². The fourth-order valence-electron chi connectivity index (χ4n) is 3.13. The number of amides is 1. The summed E-state index contributed by atoms with van der Waals surface area (Å²) in [5, 5.41) is 3.19. The summed E-state index contributed by atoms with van der Waals surface area (Å²) >= 11 is 6.05. The van der Waals surface area contributed by atoms with Crippen LogP contribution in [0.4, 0.5) is 11.4 Å². The fraction of sp³-hybridized carbons (Fsp3) is 0.350. The van der Waals surface area contributed by atoms with Crippen LogP contribution >= 0.6 is 36.4 Å². The first-order chi connectivity index (χ1) is 13.0. The monoisotopic (exact) mass is 461 g/mol. The van der Waals surface area contributed by atoms with Gasteiger partial charge in [-0.1, -0.05) is 23.7 Å². The molecule has 1 aliphatic heterocycles. The summed E-state index contributed by atoms with van der Waals surface area (Å²) in [5.74, 6) is 0.0784. The molecule has 1 atom stereocenters. The molecule has 1 fully saturated rings. The maximum absolute atomic E-state index is 12.6. The van der Waals surface area contributed by atoms with Crippen LogP contribution in [0.1, 0.15) is 28.9 Å². The molecule has 1 unspecified atom stereocenters. The Bertz CT molecular complexity index is 813. The lowest BCUT2D eigenvalue weighted by molar-refractivity contribution is 0.0198. The summed E-state index contributed by atoms with van der Waals surface area (Å²) in [6, 6.07) is 11.2. The van der Waals surface area contributed by atoms with Crippen molar-refractivity contribution >= 4 is 53.7 Å². The van der Waals surface area contributed by atoms with E-state index in [-0.39, 0.29) is 30.7 Å². The van der Waals surface area contributed by atoms with Gasteiger partial charge in [0, 0.05) is 30.9 Å². The van der Waals surface area contributed by atoms with Crippen LogP contribution in [0.2, 0.25) is 5.02 Å². The number of nitrogens with one attached hydrogen (secondary N) is 1. The van der Waals surface area contributed by atoms with Crippen molar-refractivity contribution in [3.63, 3.8) is 0 Å². The molecule has 1 saturated heterocycles. The summed E-state index contributed by atoms with van der Waals surface area (Å²) in [6.07, 6.45) is 0. The summed E-state index contributed by atoms with van der Waals surface area (Å²) in [5.41, 5.74) is 8.37. The first-order valence-corrected chi connectivity index (χ1v) is 9.23. The van der Waals surface area contributed by atoms with Crippen LogP contribution in [0.25, 0.3) is 0 Å². The number of anilines is 2. The molecule has 29 heavy (non-hydrogen) atoms. The Morgan fingerprint density at radius 1 is 1.21 bits per heavy atom. The highest BCUT2D eigenvalue weighted by Crippen LogP contribution is 2.30. The zero-order valence-electron chi connectivity index (χ0n) is 16.3. The number of carbonyl (C=O) groups is 1. The molecule has 0 bridgehead atoms. The molecule has 160 valence electrons. The lowest BCUT2D eigenvalue weighted by Gasteiger charge is -2.32. The van der Waals surface area contributed by atoms with Gasteiger partial charge < -0.3 is 20.5 Å². The Morgan fingerprint density at radius 3 is 2.41 bits per heavy atom. The maximum atomic E-state index is 12.6. The summed E-state index contributed by atoms with van der Waals surface area (Å²) in [4.78, 5) is 15.0. The fourth-order valence-corrected chi connectivity index (χ4v) is 3.30. The zero-order valence-corrected chi connectivity index (χ0v) is 18.7. The Balaban J connectivity index is 0.00000210. The molecule has 0 spiro atoms. The van der Waals surface area contributed by atoms with Crippen LogP contribution in [0, 0.1) is 0 Å². The van der Waals surface area contributed by atoms with Crippen molar-refractivity contribution < 1.29 is 14.3 Å². The van der Waals surface area contributed by atoms with Crippen molar-refractivity contribution in [1.29, 1.82) is 0 Å². The molecule has 0 aliphatic carbocycles. The predicted octanol–water partition coefficient (Wildman–Crippen LogP) is 4.42. The normalized spacial score (nSPS) is 14.9. The van der Waals surface area contributed by atoms with E-state index in [0.717, 1.165) is 26.3 Å². The number of ether oxygens (including phenoxy) is 2. The third kappa shape index (κ3) is 6.14. The van der Waals surface area contributed by atoms with E-state index in [1.807, 2.05) is 24.3 Å². The second-order valence-electron chi connectivity index (χ2n) is 6.47. The lowest BCUT2D eigenvalue weighted by Crippen LogP contribution is -2.37. The van der Waals surface area contributed by atoms with Crippen LogP contribution in [0.3, 0.4) is 0 Å². The number of nitrogen functional groups attached to an aromatic ring is 1. The average molecular weight is 463 g/mol. The highest BCUT2D eigenvalue weighted by molar-refractivity contribution is 6.33. The highest BCUT2D eigenvalue weighted by Gasteiger charge is 2.19. The number of nitrogens with two attached hydrogens (primary N) is 1. The second kappa shape index (κ2) is 11.5. The van der Waals surface area contributed by atoms with Crippen molar-refractivity contribution in [2.45, 2.75) is 13.0 Å². The lowest BCUT2D eigenvalue weighted by atomic mass is 10.1. The van der Waals surface area contributed by atoms with E-state index in [4.69, 9.17) is 26.8 Å². The largest absolute Gasteiger partial charge is 0.496 e. The molecular formula is C20H26Cl3N3O3. The number of rotatable bonds is 5. The summed E-state index contributed by atoms with van der Waals surface area (Å²) in [6.45, 7) is 5.57. The van der Waals surface area contributed by atoms with Crippen LogP contribution in [0.5, 0.6) is 5.75 Å². The minimum Gasteiger partial charge on any atom is -0.496 e. The smallest absolute Gasteiger partial charge is 0.259 e. The SMILES string of the molecule is COc1cc(N)c(Cl)cc1C(=O)Nc1ccc(C(C)N2CCOCC2)cc1.Cl.Cl. The van der Waals surface area contributed by atoms with Gasteiger partial charge in [0.25, 0.3) is 5.91 Å². The number of carbonyl (C=O) groups excluding carboxylic acids is 1. The topological polar surface area (TPSA) is 76.8 Å². The van der Waals surface area contributed by atoms with Gasteiger partial charge in [-0.3, -0.25) is 9.69 Å². The minimum absolute atomic E-state index is 0. The van der Waals surface area contributed by atoms with E-state index >= 15 is 0 Å². The number of hydrogen-bond donors (Lipinski definition) is 2. The van der Waals surface area contributed by atoms with Crippen LogP contribution in [-0.2, 0) is 4.74 Å². The van der Waals surface area contributed by atoms with Crippen molar-refractivity contribution in [2.75, 3.05) is 44.5 Å². The summed E-state index contributed by atoms with van der Waals surface area (Å²) < 4.78 is 10.7.